The van der Waals surface area contributed by atoms with Crippen molar-refractivity contribution in [2.24, 2.45) is 5.92 Å². The van der Waals surface area contributed by atoms with Crippen LogP contribution in [-0.2, 0) is 4.79 Å². The van der Waals surface area contributed by atoms with Crippen LogP contribution in [0.5, 0.6) is 0 Å². The van der Waals surface area contributed by atoms with Gasteiger partial charge in [-0.1, -0.05) is 12.8 Å². The fourth-order valence-electron chi connectivity index (χ4n) is 2.85. The number of anilines is 1. The van der Waals surface area contributed by atoms with Crippen LogP contribution >= 0.6 is 11.3 Å². The van der Waals surface area contributed by atoms with Crippen molar-refractivity contribution in [1.29, 1.82) is 0 Å². The summed E-state index contributed by atoms with van der Waals surface area (Å²) in [4.78, 5) is 24.8. The second kappa shape index (κ2) is 6.38. The molecule has 2 amide bonds. The van der Waals surface area contributed by atoms with E-state index in [1.165, 1.54) is 11.3 Å². The molecule has 3 N–H and O–H groups in total. The zero-order valence-electron chi connectivity index (χ0n) is 12.7. The molecule has 0 spiro atoms. The van der Waals surface area contributed by atoms with Gasteiger partial charge < -0.3 is 15.7 Å². The Kier molecular flexibility index (Phi) is 4.49. The molecule has 5 nitrogen and oxygen atoms in total. The monoisotopic (exact) mass is 322 g/mol. The molecule has 0 bridgehead atoms. The summed E-state index contributed by atoms with van der Waals surface area (Å²) < 4.78 is 0. The fraction of sp³-hybridized carbons (Fsp3) is 0.625. The van der Waals surface area contributed by atoms with E-state index in [-0.39, 0.29) is 23.8 Å². The van der Waals surface area contributed by atoms with Crippen molar-refractivity contribution in [3.63, 3.8) is 0 Å². The van der Waals surface area contributed by atoms with Crippen molar-refractivity contribution in [2.45, 2.75) is 57.6 Å². The molecule has 2 aliphatic rings. The number of hydrogen-bond donors (Lipinski definition) is 3. The van der Waals surface area contributed by atoms with Crippen molar-refractivity contribution in [2.75, 3.05) is 5.32 Å². The third kappa shape index (κ3) is 3.50. The van der Waals surface area contributed by atoms with Crippen LogP contribution in [0.1, 0.15) is 53.8 Å². The Labute approximate surface area is 134 Å². The predicted octanol–water partition coefficient (Wildman–Crippen LogP) is 2.44. The van der Waals surface area contributed by atoms with E-state index in [4.69, 9.17) is 0 Å². The largest absolute Gasteiger partial charge is 0.391 e. The Bertz CT molecular complexity index is 580. The van der Waals surface area contributed by atoms with E-state index in [0.29, 0.717) is 4.88 Å². The quantitative estimate of drug-likeness (QED) is 0.796. The highest BCUT2D eigenvalue weighted by Gasteiger charge is 2.30. The molecule has 2 aliphatic carbocycles. The van der Waals surface area contributed by atoms with Gasteiger partial charge in [-0.3, -0.25) is 9.59 Å². The maximum atomic E-state index is 12.4. The molecule has 1 aromatic heterocycles. The Balaban J connectivity index is 1.64. The van der Waals surface area contributed by atoms with Crippen LogP contribution < -0.4 is 10.6 Å². The Morgan fingerprint density at radius 2 is 1.95 bits per heavy atom. The first kappa shape index (κ1) is 15.5. The highest BCUT2D eigenvalue weighted by Crippen LogP contribution is 2.33. The number of aliphatic hydroxyl groups excluding tert-OH is 1. The Hall–Kier alpha value is -1.40. The van der Waals surface area contributed by atoms with Gasteiger partial charge >= 0.3 is 0 Å². The number of rotatable bonds is 4. The average Bonchev–Trinajstić information content (AvgIpc) is 3.26. The van der Waals surface area contributed by atoms with Gasteiger partial charge in [0.2, 0.25) is 5.91 Å². The molecule has 1 aromatic rings. The van der Waals surface area contributed by atoms with Crippen molar-refractivity contribution in [3.05, 3.63) is 16.5 Å². The highest BCUT2D eigenvalue weighted by atomic mass is 32.1. The van der Waals surface area contributed by atoms with Crippen LogP contribution in [0.25, 0.3) is 0 Å². The number of nitrogens with one attached hydrogen (secondary N) is 2. The lowest BCUT2D eigenvalue weighted by Crippen LogP contribution is -2.45. The molecule has 2 unspecified atom stereocenters. The summed E-state index contributed by atoms with van der Waals surface area (Å²) in [5.74, 6) is 0.0494. The van der Waals surface area contributed by atoms with Crippen molar-refractivity contribution in [1.82, 2.24) is 5.32 Å². The third-order valence-electron chi connectivity index (χ3n) is 4.36. The first-order valence-electron chi connectivity index (χ1n) is 7.95. The van der Waals surface area contributed by atoms with E-state index < -0.39 is 6.10 Å². The average molecular weight is 322 g/mol. The topological polar surface area (TPSA) is 78.4 Å². The van der Waals surface area contributed by atoms with Gasteiger partial charge in [-0.15, -0.1) is 11.3 Å². The zero-order chi connectivity index (χ0) is 15.7. The van der Waals surface area contributed by atoms with Gasteiger partial charge in [0.05, 0.1) is 22.0 Å². The SMILES string of the molecule is Cc1cc(NC(=O)C2CC2)sc1C(=O)NC1CCCCC1O. The molecular formula is C16H22N2O3S. The molecule has 0 aromatic carbocycles. The number of aryl methyl sites for hydroxylation is 1. The standard InChI is InChI=1S/C16H22N2O3S/c1-9-8-13(18-15(20)10-6-7-10)22-14(9)16(21)17-11-4-2-3-5-12(11)19/h8,10-12,19H,2-7H2,1H3,(H,17,21)(H,18,20). The molecule has 0 radical (unpaired) electrons. The summed E-state index contributed by atoms with van der Waals surface area (Å²) in [6.45, 7) is 1.87. The number of carbonyl (C=O) groups excluding carboxylic acids is 2. The van der Waals surface area contributed by atoms with E-state index in [0.717, 1.165) is 49.1 Å². The lowest BCUT2D eigenvalue weighted by atomic mass is 9.92. The number of thiophene rings is 1. The molecule has 2 atom stereocenters. The molecule has 22 heavy (non-hydrogen) atoms. The Morgan fingerprint density at radius 1 is 1.23 bits per heavy atom. The minimum absolute atomic E-state index is 0.0518. The fourth-order valence-corrected chi connectivity index (χ4v) is 3.83. The smallest absolute Gasteiger partial charge is 0.262 e. The predicted molar refractivity (Wildman–Crippen MR) is 86.1 cm³/mol. The minimum Gasteiger partial charge on any atom is -0.391 e. The minimum atomic E-state index is -0.452. The van der Waals surface area contributed by atoms with E-state index in [1.54, 1.807) is 0 Å². The maximum absolute atomic E-state index is 12.4. The summed E-state index contributed by atoms with van der Waals surface area (Å²) >= 11 is 1.31. The lowest BCUT2D eigenvalue weighted by Gasteiger charge is -2.28. The van der Waals surface area contributed by atoms with E-state index in [2.05, 4.69) is 10.6 Å². The highest BCUT2D eigenvalue weighted by molar-refractivity contribution is 7.18. The van der Waals surface area contributed by atoms with Gasteiger partial charge in [0, 0.05) is 5.92 Å². The molecule has 0 saturated heterocycles. The van der Waals surface area contributed by atoms with Crippen molar-refractivity contribution in [3.8, 4) is 0 Å². The van der Waals surface area contributed by atoms with Gasteiger partial charge in [-0.05, 0) is 44.2 Å². The van der Waals surface area contributed by atoms with Gasteiger partial charge in [-0.2, -0.15) is 0 Å². The van der Waals surface area contributed by atoms with Crippen LogP contribution in [0.4, 0.5) is 5.00 Å². The van der Waals surface area contributed by atoms with Crippen LogP contribution in [0.3, 0.4) is 0 Å². The normalized spacial score (nSPS) is 24.8. The van der Waals surface area contributed by atoms with Crippen LogP contribution in [-0.4, -0.2) is 29.1 Å². The van der Waals surface area contributed by atoms with Crippen molar-refractivity contribution < 1.29 is 14.7 Å². The second-order valence-electron chi connectivity index (χ2n) is 6.32. The number of hydrogen-bond acceptors (Lipinski definition) is 4. The summed E-state index contributed by atoms with van der Waals surface area (Å²) in [6, 6.07) is 1.68. The molecule has 120 valence electrons. The van der Waals surface area contributed by atoms with Crippen LogP contribution in [0.2, 0.25) is 0 Å². The van der Waals surface area contributed by atoms with Gasteiger partial charge in [0.1, 0.15) is 0 Å². The van der Waals surface area contributed by atoms with E-state index in [9.17, 15) is 14.7 Å². The number of carbonyl (C=O) groups is 2. The van der Waals surface area contributed by atoms with E-state index in [1.807, 2.05) is 13.0 Å². The van der Waals surface area contributed by atoms with E-state index >= 15 is 0 Å². The van der Waals surface area contributed by atoms with Crippen LogP contribution in [0, 0.1) is 12.8 Å². The molecule has 0 aliphatic heterocycles. The first-order valence-corrected chi connectivity index (χ1v) is 8.76. The van der Waals surface area contributed by atoms with Crippen LogP contribution in [0.15, 0.2) is 6.07 Å². The molecule has 1 heterocycles. The third-order valence-corrected chi connectivity index (χ3v) is 5.52. The lowest BCUT2D eigenvalue weighted by molar-refractivity contribution is -0.117. The van der Waals surface area contributed by atoms with Gasteiger partial charge in [0.15, 0.2) is 0 Å². The van der Waals surface area contributed by atoms with Gasteiger partial charge in [-0.25, -0.2) is 0 Å². The molecular weight excluding hydrogens is 300 g/mol. The Morgan fingerprint density at radius 3 is 2.64 bits per heavy atom. The summed E-state index contributed by atoms with van der Waals surface area (Å²) in [7, 11) is 0. The second-order valence-corrected chi connectivity index (χ2v) is 7.37. The molecule has 3 rings (SSSR count). The first-order chi connectivity index (χ1) is 10.5. The summed E-state index contributed by atoms with van der Waals surface area (Å²) in [6.07, 6.45) is 5.09. The van der Waals surface area contributed by atoms with Crippen molar-refractivity contribution >= 4 is 28.2 Å². The summed E-state index contributed by atoms with van der Waals surface area (Å²) in [5.41, 5.74) is 0.860. The molecule has 2 fully saturated rings. The summed E-state index contributed by atoms with van der Waals surface area (Å²) in [5, 5.41) is 16.5. The molecule has 2 saturated carbocycles. The maximum Gasteiger partial charge on any atom is 0.262 e. The number of amides is 2. The van der Waals surface area contributed by atoms with Gasteiger partial charge in [0.25, 0.3) is 5.91 Å². The molecule has 6 heteroatoms. The number of aliphatic hydroxyl groups is 1. The zero-order valence-corrected chi connectivity index (χ0v) is 13.5.